The third-order valence-electron chi connectivity index (χ3n) is 3.20. The minimum Gasteiger partial charge on any atom is -0.481 e. The second-order valence-electron chi connectivity index (χ2n) is 4.66. The zero-order valence-corrected chi connectivity index (χ0v) is 12.2. The average molecular weight is 267 g/mol. The maximum Gasteiger partial charge on any atom is 0.149 e. The molecule has 2 heteroatoms. The minimum atomic E-state index is 0.440. The molecule has 104 valence electrons. The van der Waals surface area contributed by atoms with Crippen LogP contribution in [0.3, 0.4) is 0 Å². The summed E-state index contributed by atoms with van der Waals surface area (Å²) in [7, 11) is 0. The lowest BCUT2D eigenvalue weighted by molar-refractivity contribution is 0.365. The first-order valence-electron chi connectivity index (χ1n) is 7.10. The van der Waals surface area contributed by atoms with Gasteiger partial charge in [0.05, 0.1) is 0 Å². The largest absolute Gasteiger partial charge is 0.481 e. The van der Waals surface area contributed by atoms with Gasteiger partial charge in [-0.2, -0.15) is 0 Å². The first kappa shape index (κ1) is 14.4. The Balaban J connectivity index is 2.32. The van der Waals surface area contributed by atoms with Crippen molar-refractivity contribution >= 4 is 10.8 Å². The normalized spacial score (nSPS) is 10.1. The number of hydrogen-bond acceptors (Lipinski definition) is 2. The van der Waals surface area contributed by atoms with Gasteiger partial charge in [-0.1, -0.05) is 43.2 Å². The van der Waals surface area contributed by atoms with Crippen LogP contribution in [-0.2, 0) is 6.54 Å². The van der Waals surface area contributed by atoms with Crippen molar-refractivity contribution in [3.63, 3.8) is 0 Å². The molecule has 0 aliphatic heterocycles. The smallest absolute Gasteiger partial charge is 0.149 e. The van der Waals surface area contributed by atoms with E-state index >= 15 is 0 Å². The molecular weight excluding hydrogens is 246 g/mol. The van der Waals surface area contributed by atoms with Gasteiger partial charge >= 0.3 is 0 Å². The van der Waals surface area contributed by atoms with Gasteiger partial charge in [0.1, 0.15) is 12.4 Å². The molecule has 0 aliphatic rings. The Kier molecular flexibility index (Phi) is 5.46. The molecule has 0 spiro atoms. The van der Waals surface area contributed by atoms with Gasteiger partial charge in [-0.05, 0) is 36.7 Å². The van der Waals surface area contributed by atoms with E-state index in [9.17, 15) is 0 Å². The maximum absolute atomic E-state index is 5.80. The molecule has 0 unspecified atom stereocenters. The highest BCUT2D eigenvalue weighted by molar-refractivity contribution is 5.87. The Morgan fingerprint density at radius 1 is 1.15 bits per heavy atom. The van der Waals surface area contributed by atoms with Crippen LogP contribution in [0, 0.1) is 11.8 Å². The lowest BCUT2D eigenvalue weighted by atomic mass is 10.0. The summed E-state index contributed by atoms with van der Waals surface area (Å²) < 4.78 is 5.80. The third kappa shape index (κ3) is 3.53. The molecule has 0 aliphatic carbocycles. The Labute approximate surface area is 121 Å². The van der Waals surface area contributed by atoms with E-state index < -0.39 is 0 Å². The van der Waals surface area contributed by atoms with Crippen molar-refractivity contribution in [1.29, 1.82) is 0 Å². The van der Waals surface area contributed by atoms with E-state index in [1.807, 2.05) is 13.0 Å². The number of fused-ring (bicyclic) bond motifs is 1. The van der Waals surface area contributed by atoms with Gasteiger partial charge < -0.3 is 10.1 Å². The van der Waals surface area contributed by atoms with Crippen molar-refractivity contribution < 1.29 is 4.74 Å². The maximum atomic E-state index is 5.80. The van der Waals surface area contributed by atoms with E-state index in [1.165, 1.54) is 16.3 Å². The molecule has 0 saturated heterocycles. The molecule has 0 radical (unpaired) electrons. The van der Waals surface area contributed by atoms with Gasteiger partial charge in [0.15, 0.2) is 0 Å². The molecule has 2 rings (SSSR count). The van der Waals surface area contributed by atoms with E-state index in [-0.39, 0.29) is 0 Å². The zero-order chi connectivity index (χ0) is 14.2. The lowest BCUT2D eigenvalue weighted by Gasteiger charge is -2.13. The van der Waals surface area contributed by atoms with Crippen LogP contribution in [-0.4, -0.2) is 13.2 Å². The first-order chi connectivity index (χ1) is 9.86. The number of rotatable bonds is 6. The summed E-state index contributed by atoms with van der Waals surface area (Å²) in [6.07, 6.45) is 1.13. The van der Waals surface area contributed by atoms with Gasteiger partial charge in [0.25, 0.3) is 0 Å². The predicted octanol–water partition coefficient (Wildman–Crippen LogP) is 3.74. The highest BCUT2D eigenvalue weighted by atomic mass is 16.5. The van der Waals surface area contributed by atoms with E-state index in [2.05, 4.69) is 54.4 Å². The topological polar surface area (TPSA) is 21.3 Å². The van der Waals surface area contributed by atoms with Crippen LogP contribution < -0.4 is 10.1 Å². The van der Waals surface area contributed by atoms with E-state index in [1.54, 1.807) is 0 Å². The third-order valence-corrected chi connectivity index (χ3v) is 3.20. The highest BCUT2D eigenvalue weighted by Crippen LogP contribution is 2.28. The summed E-state index contributed by atoms with van der Waals surface area (Å²) in [5, 5.41) is 5.95. The Morgan fingerprint density at radius 3 is 2.80 bits per heavy atom. The molecule has 0 amide bonds. The fourth-order valence-electron chi connectivity index (χ4n) is 2.21. The van der Waals surface area contributed by atoms with Crippen molar-refractivity contribution in [2.24, 2.45) is 0 Å². The van der Waals surface area contributed by atoms with Crippen LogP contribution in [0.4, 0.5) is 0 Å². The second kappa shape index (κ2) is 7.57. The lowest BCUT2D eigenvalue weighted by Crippen LogP contribution is -2.15. The van der Waals surface area contributed by atoms with Crippen LogP contribution in [0.1, 0.15) is 25.8 Å². The number of nitrogens with one attached hydrogen (secondary N) is 1. The number of benzene rings is 2. The van der Waals surface area contributed by atoms with Crippen LogP contribution >= 0.6 is 0 Å². The van der Waals surface area contributed by atoms with Gasteiger partial charge in [-0.25, -0.2) is 0 Å². The van der Waals surface area contributed by atoms with Crippen LogP contribution in [0.15, 0.2) is 36.4 Å². The molecule has 0 bridgehead atoms. The van der Waals surface area contributed by atoms with Crippen molar-refractivity contribution in [3.8, 4) is 17.6 Å². The van der Waals surface area contributed by atoms with Crippen molar-refractivity contribution in [1.82, 2.24) is 5.32 Å². The minimum absolute atomic E-state index is 0.440. The van der Waals surface area contributed by atoms with Gasteiger partial charge in [0, 0.05) is 12.1 Å². The van der Waals surface area contributed by atoms with Crippen molar-refractivity contribution in [2.45, 2.75) is 26.8 Å². The van der Waals surface area contributed by atoms with Gasteiger partial charge in [0.2, 0.25) is 0 Å². The molecule has 2 nitrogen and oxygen atoms in total. The summed E-state index contributed by atoms with van der Waals surface area (Å²) in [6, 6.07) is 12.6. The first-order valence-corrected chi connectivity index (χ1v) is 7.10. The predicted molar refractivity (Wildman–Crippen MR) is 84.9 cm³/mol. The Bertz CT molecular complexity index is 622. The SMILES string of the molecule is CC#CCOc1ccc2ccccc2c1CNCCC. The van der Waals surface area contributed by atoms with Crippen molar-refractivity contribution in [2.75, 3.05) is 13.2 Å². The van der Waals surface area contributed by atoms with Crippen LogP contribution in [0.2, 0.25) is 0 Å². The standard InChI is InChI=1S/C18H21NO/c1-3-5-13-20-18-11-10-15-8-6-7-9-16(15)17(18)14-19-12-4-2/h6-11,19H,4,12-14H2,1-2H3. The molecular formula is C18H21NO. The summed E-state index contributed by atoms with van der Waals surface area (Å²) in [4.78, 5) is 0. The number of hydrogen-bond donors (Lipinski definition) is 1. The number of ether oxygens (including phenoxy) is 1. The van der Waals surface area contributed by atoms with Crippen LogP contribution in [0.25, 0.3) is 10.8 Å². The molecule has 0 heterocycles. The fraction of sp³-hybridized carbons (Fsp3) is 0.333. The molecule has 2 aromatic carbocycles. The quantitative estimate of drug-likeness (QED) is 0.636. The molecule has 0 saturated carbocycles. The summed E-state index contributed by atoms with van der Waals surface area (Å²) in [6.45, 7) is 6.27. The van der Waals surface area contributed by atoms with Crippen LogP contribution in [0.5, 0.6) is 5.75 Å². The Morgan fingerprint density at radius 2 is 2.00 bits per heavy atom. The summed E-state index contributed by atoms with van der Waals surface area (Å²) in [5.74, 6) is 6.73. The zero-order valence-electron chi connectivity index (χ0n) is 12.2. The molecule has 1 N–H and O–H groups in total. The Hall–Kier alpha value is -1.98. The van der Waals surface area contributed by atoms with E-state index in [0.717, 1.165) is 25.3 Å². The molecule has 20 heavy (non-hydrogen) atoms. The molecule has 0 fully saturated rings. The fourth-order valence-corrected chi connectivity index (χ4v) is 2.21. The molecule has 0 aromatic heterocycles. The monoisotopic (exact) mass is 267 g/mol. The van der Waals surface area contributed by atoms with E-state index in [0.29, 0.717) is 6.61 Å². The van der Waals surface area contributed by atoms with Gasteiger partial charge in [-0.3, -0.25) is 0 Å². The average Bonchev–Trinajstić information content (AvgIpc) is 2.49. The van der Waals surface area contributed by atoms with Crippen molar-refractivity contribution in [3.05, 3.63) is 42.0 Å². The molecule has 2 aromatic rings. The second-order valence-corrected chi connectivity index (χ2v) is 4.66. The molecule has 0 atom stereocenters. The van der Waals surface area contributed by atoms with E-state index in [4.69, 9.17) is 4.74 Å². The summed E-state index contributed by atoms with van der Waals surface area (Å²) >= 11 is 0. The highest BCUT2D eigenvalue weighted by Gasteiger charge is 2.08. The van der Waals surface area contributed by atoms with Gasteiger partial charge in [-0.15, -0.1) is 5.92 Å². The summed E-state index contributed by atoms with van der Waals surface area (Å²) in [5.41, 5.74) is 1.22.